The van der Waals surface area contributed by atoms with Crippen LogP contribution in [0.2, 0.25) is 0 Å². The Kier molecular flexibility index (Phi) is 3.89. The van der Waals surface area contributed by atoms with Gasteiger partial charge in [0.05, 0.1) is 0 Å². The normalized spacial score (nSPS) is 15.2. The largest absolute Gasteiger partial charge is 0.465 e. The highest BCUT2D eigenvalue weighted by Crippen LogP contribution is 2.19. The Hall–Kier alpha value is -2.24. The van der Waals surface area contributed by atoms with Gasteiger partial charge < -0.3 is 20.2 Å². The minimum Gasteiger partial charge on any atom is -0.465 e. The van der Waals surface area contributed by atoms with Crippen molar-refractivity contribution in [2.75, 3.05) is 36.4 Å². The van der Waals surface area contributed by atoms with Gasteiger partial charge in [0.1, 0.15) is 0 Å². The van der Waals surface area contributed by atoms with Gasteiger partial charge in [-0.1, -0.05) is 0 Å². The Balaban J connectivity index is 1.96. The maximum atomic E-state index is 10.9. The first-order valence-electron chi connectivity index (χ1n) is 6.17. The van der Waals surface area contributed by atoms with Gasteiger partial charge in [-0.05, 0) is 24.3 Å². The van der Waals surface area contributed by atoms with Crippen molar-refractivity contribution in [1.29, 1.82) is 0 Å². The van der Waals surface area contributed by atoms with Crippen molar-refractivity contribution in [3.05, 3.63) is 24.3 Å². The van der Waals surface area contributed by atoms with E-state index in [1.807, 2.05) is 24.3 Å². The molecule has 0 saturated carbocycles. The van der Waals surface area contributed by atoms with Gasteiger partial charge in [-0.25, -0.2) is 4.79 Å². The molecular formula is C13H17N3O3. The van der Waals surface area contributed by atoms with Gasteiger partial charge in [-0.15, -0.1) is 0 Å². The second-order valence-electron chi connectivity index (χ2n) is 4.48. The minimum absolute atomic E-state index is 0.0946. The molecule has 0 spiro atoms. The first-order chi connectivity index (χ1) is 9.06. The van der Waals surface area contributed by atoms with E-state index in [4.69, 9.17) is 5.11 Å². The van der Waals surface area contributed by atoms with E-state index < -0.39 is 6.09 Å². The molecule has 2 amide bonds. The lowest BCUT2D eigenvalue weighted by atomic mass is 10.2. The molecule has 0 bridgehead atoms. The van der Waals surface area contributed by atoms with Crippen molar-refractivity contribution in [3.63, 3.8) is 0 Å². The Morgan fingerprint density at radius 1 is 1.11 bits per heavy atom. The number of nitrogens with one attached hydrogen (secondary N) is 1. The van der Waals surface area contributed by atoms with Gasteiger partial charge in [-0.3, -0.25) is 4.79 Å². The average Bonchev–Trinajstić information content (AvgIpc) is 2.39. The Bertz CT molecular complexity index is 465. The van der Waals surface area contributed by atoms with Crippen LogP contribution in [-0.2, 0) is 4.79 Å². The van der Waals surface area contributed by atoms with E-state index in [0.717, 1.165) is 11.4 Å². The zero-order chi connectivity index (χ0) is 13.8. The molecule has 0 atom stereocenters. The van der Waals surface area contributed by atoms with Crippen molar-refractivity contribution in [3.8, 4) is 0 Å². The van der Waals surface area contributed by atoms with Crippen molar-refractivity contribution in [1.82, 2.24) is 4.90 Å². The number of hydrogen-bond donors (Lipinski definition) is 2. The summed E-state index contributed by atoms with van der Waals surface area (Å²) in [5.41, 5.74) is 1.81. The molecule has 0 unspecified atom stereocenters. The maximum absolute atomic E-state index is 10.9. The number of amides is 2. The van der Waals surface area contributed by atoms with Crippen LogP contribution in [0, 0.1) is 0 Å². The number of carbonyl (C=O) groups excluding carboxylic acids is 1. The number of benzene rings is 1. The van der Waals surface area contributed by atoms with E-state index >= 15 is 0 Å². The first-order valence-corrected chi connectivity index (χ1v) is 6.17. The van der Waals surface area contributed by atoms with Crippen molar-refractivity contribution >= 4 is 23.4 Å². The molecule has 2 rings (SSSR count). The van der Waals surface area contributed by atoms with E-state index in [1.54, 1.807) is 0 Å². The molecule has 6 heteroatoms. The van der Waals surface area contributed by atoms with Crippen molar-refractivity contribution in [2.45, 2.75) is 6.92 Å². The zero-order valence-corrected chi connectivity index (χ0v) is 10.8. The third-order valence-corrected chi connectivity index (χ3v) is 3.10. The average molecular weight is 263 g/mol. The quantitative estimate of drug-likeness (QED) is 0.847. The lowest BCUT2D eigenvalue weighted by Crippen LogP contribution is -2.48. The summed E-state index contributed by atoms with van der Waals surface area (Å²) in [6.45, 7) is 3.88. The fraction of sp³-hybridized carbons (Fsp3) is 0.385. The molecule has 0 aromatic heterocycles. The lowest BCUT2D eigenvalue weighted by Gasteiger charge is -2.34. The molecule has 19 heavy (non-hydrogen) atoms. The molecule has 1 saturated heterocycles. The molecule has 2 N–H and O–H groups in total. The molecule has 1 heterocycles. The summed E-state index contributed by atoms with van der Waals surface area (Å²) < 4.78 is 0. The smallest absolute Gasteiger partial charge is 0.407 e. The van der Waals surface area contributed by atoms with Gasteiger partial charge in [0, 0.05) is 44.5 Å². The van der Waals surface area contributed by atoms with Crippen LogP contribution in [-0.4, -0.2) is 48.2 Å². The number of hydrogen-bond acceptors (Lipinski definition) is 3. The maximum Gasteiger partial charge on any atom is 0.407 e. The predicted molar refractivity (Wildman–Crippen MR) is 72.6 cm³/mol. The summed E-state index contributed by atoms with van der Waals surface area (Å²) in [5.74, 6) is -0.0946. The van der Waals surface area contributed by atoms with Crippen LogP contribution in [0.5, 0.6) is 0 Å². The first kappa shape index (κ1) is 13.2. The summed E-state index contributed by atoms with van der Waals surface area (Å²) in [6.07, 6.45) is -0.861. The molecule has 1 aliphatic rings. The van der Waals surface area contributed by atoms with E-state index in [2.05, 4.69) is 10.2 Å². The lowest BCUT2D eigenvalue weighted by molar-refractivity contribution is -0.114. The van der Waals surface area contributed by atoms with E-state index in [0.29, 0.717) is 26.2 Å². The summed E-state index contributed by atoms with van der Waals surface area (Å²) >= 11 is 0. The molecule has 102 valence electrons. The van der Waals surface area contributed by atoms with Crippen LogP contribution < -0.4 is 10.2 Å². The van der Waals surface area contributed by atoms with Crippen LogP contribution >= 0.6 is 0 Å². The van der Waals surface area contributed by atoms with Crippen LogP contribution in [0.25, 0.3) is 0 Å². The van der Waals surface area contributed by atoms with Gasteiger partial charge in [0.25, 0.3) is 0 Å². The Labute approximate surface area is 111 Å². The standard InChI is InChI=1S/C13H17N3O3/c1-10(17)14-11-2-4-12(5-3-11)15-6-8-16(9-7-15)13(18)19/h2-5H,6-9H2,1H3,(H,14,17)(H,18,19). The summed E-state index contributed by atoms with van der Waals surface area (Å²) in [5, 5.41) is 11.6. The number of carbonyl (C=O) groups is 2. The number of rotatable bonds is 2. The topological polar surface area (TPSA) is 72.9 Å². The third kappa shape index (κ3) is 3.37. The Morgan fingerprint density at radius 2 is 1.68 bits per heavy atom. The SMILES string of the molecule is CC(=O)Nc1ccc(N2CCN(C(=O)O)CC2)cc1. The monoisotopic (exact) mass is 263 g/mol. The van der Waals surface area contributed by atoms with Gasteiger partial charge in [0.2, 0.25) is 5.91 Å². The van der Waals surface area contributed by atoms with E-state index in [1.165, 1.54) is 11.8 Å². The number of nitrogens with zero attached hydrogens (tertiary/aromatic N) is 2. The van der Waals surface area contributed by atoms with Crippen molar-refractivity contribution in [2.24, 2.45) is 0 Å². The summed E-state index contributed by atoms with van der Waals surface area (Å²) in [6, 6.07) is 7.56. The fourth-order valence-corrected chi connectivity index (χ4v) is 2.11. The van der Waals surface area contributed by atoms with Crippen LogP contribution in [0.15, 0.2) is 24.3 Å². The number of carboxylic acid groups (broad SMARTS) is 1. The molecular weight excluding hydrogens is 246 g/mol. The van der Waals surface area contributed by atoms with Crippen LogP contribution in [0.1, 0.15) is 6.92 Å². The number of piperazine rings is 1. The summed E-state index contributed by atoms with van der Waals surface area (Å²) in [4.78, 5) is 25.3. The zero-order valence-electron chi connectivity index (χ0n) is 10.8. The second kappa shape index (κ2) is 5.60. The van der Waals surface area contributed by atoms with E-state index in [-0.39, 0.29) is 5.91 Å². The molecule has 0 radical (unpaired) electrons. The highest BCUT2D eigenvalue weighted by molar-refractivity contribution is 5.88. The molecule has 1 fully saturated rings. The van der Waals surface area contributed by atoms with Crippen molar-refractivity contribution < 1.29 is 14.7 Å². The van der Waals surface area contributed by atoms with Gasteiger partial charge in [0.15, 0.2) is 0 Å². The highest BCUT2D eigenvalue weighted by Gasteiger charge is 2.20. The highest BCUT2D eigenvalue weighted by atomic mass is 16.4. The van der Waals surface area contributed by atoms with E-state index in [9.17, 15) is 9.59 Å². The number of anilines is 2. The minimum atomic E-state index is -0.861. The molecule has 1 aromatic rings. The molecule has 0 aliphatic carbocycles. The Morgan fingerprint density at radius 3 is 2.16 bits per heavy atom. The predicted octanol–water partition coefficient (Wildman–Crippen LogP) is 1.45. The van der Waals surface area contributed by atoms with Crippen LogP contribution in [0.4, 0.5) is 16.2 Å². The fourth-order valence-electron chi connectivity index (χ4n) is 2.11. The molecule has 1 aliphatic heterocycles. The summed E-state index contributed by atoms with van der Waals surface area (Å²) in [7, 11) is 0. The molecule has 1 aromatic carbocycles. The van der Waals surface area contributed by atoms with Gasteiger partial charge >= 0.3 is 6.09 Å². The van der Waals surface area contributed by atoms with Crippen LogP contribution in [0.3, 0.4) is 0 Å². The second-order valence-corrected chi connectivity index (χ2v) is 4.48. The van der Waals surface area contributed by atoms with Gasteiger partial charge in [-0.2, -0.15) is 0 Å². The third-order valence-electron chi connectivity index (χ3n) is 3.10. The molecule has 6 nitrogen and oxygen atoms in total.